The molecule has 33 heavy (non-hydrogen) atoms. The molecule has 164 valence electrons. The fourth-order valence-corrected chi connectivity index (χ4v) is 2.96. The molecule has 0 spiro atoms. The predicted octanol–water partition coefficient (Wildman–Crippen LogP) is 4.93. The van der Waals surface area contributed by atoms with Crippen LogP contribution in [0.4, 0.5) is 0 Å². The zero-order valence-corrected chi connectivity index (χ0v) is 20.6. The fourth-order valence-electron chi connectivity index (χ4n) is 2.96. The van der Waals surface area contributed by atoms with E-state index in [1.54, 1.807) is 15.6 Å². The van der Waals surface area contributed by atoms with E-state index in [-0.39, 0.29) is 20.1 Å². The Morgan fingerprint density at radius 1 is 0.697 bits per heavy atom. The Bertz CT molecular complexity index is 1170. The molecule has 3 heterocycles. The number of hydrogen-bond donors (Lipinski definition) is 0. The van der Waals surface area contributed by atoms with E-state index in [1.807, 2.05) is 99.3 Å². The van der Waals surface area contributed by atoms with Crippen LogP contribution in [0.3, 0.4) is 0 Å². The van der Waals surface area contributed by atoms with E-state index in [4.69, 9.17) is 11.8 Å². The Balaban J connectivity index is 0.000000225. The number of hydrogen-bond acceptors (Lipinski definition) is 4. The van der Waals surface area contributed by atoms with Gasteiger partial charge in [0, 0.05) is 44.1 Å². The maximum Gasteiger partial charge on any atom is 3.00 e. The predicted molar refractivity (Wildman–Crippen MR) is 123 cm³/mol. The van der Waals surface area contributed by atoms with Crippen molar-refractivity contribution in [1.82, 2.24) is 24.5 Å². The van der Waals surface area contributed by atoms with Gasteiger partial charge in [-0.05, 0) is 11.8 Å². The van der Waals surface area contributed by atoms with E-state index in [0.29, 0.717) is 0 Å². The number of rotatable bonds is 3. The van der Waals surface area contributed by atoms with Crippen LogP contribution in [0, 0.1) is 24.0 Å². The first-order valence-electron chi connectivity index (χ1n) is 9.82. The number of aryl methyl sites for hydroxylation is 2. The van der Waals surface area contributed by atoms with E-state index in [2.05, 4.69) is 27.3 Å². The zero-order valence-electron chi connectivity index (χ0n) is 18.2. The maximum absolute atomic E-state index is 6.25. The van der Waals surface area contributed by atoms with Crippen LogP contribution in [0.5, 0.6) is 0 Å². The van der Waals surface area contributed by atoms with Crippen molar-refractivity contribution in [1.29, 1.82) is 5.26 Å². The number of pyridine rings is 1. The van der Waals surface area contributed by atoms with E-state index in [1.165, 1.54) is 0 Å². The quantitative estimate of drug-likeness (QED) is 0.272. The molecule has 3 aromatic heterocycles. The second-order valence-corrected chi connectivity index (χ2v) is 6.72. The van der Waals surface area contributed by atoms with E-state index >= 15 is 0 Å². The molecule has 0 atom stereocenters. The molecular weight excluding hydrogens is 589 g/mol. The van der Waals surface area contributed by atoms with Crippen molar-refractivity contribution in [3.05, 3.63) is 110 Å². The SMILES string of the molecule is Cn1ccc(-c2[c-]c(-c3ccn(C)n3)ccc2)n1.[C-]#N.[Ir+3].[c-]1ccccc1-c1ccccn1. The third kappa shape index (κ3) is 7.08. The molecule has 0 radical (unpaired) electrons. The van der Waals surface area contributed by atoms with Crippen molar-refractivity contribution in [2.45, 2.75) is 0 Å². The van der Waals surface area contributed by atoms with Crippen LogP contribution in [0.15, 0.2) is 91.4 Å². The monoisotopic (exact) mass is 610 g/mol. The van der Waals surface area contributed by atoms with Gasteiger partial charge in [-0.2, -0.15) is 0 Å². The third-order valence-electron chi connectivity index (χ3n) is 4.42. The number of benzene rings is 2. The molecule has 0 bridgehead atoms. The molecular formula is C26H21IrN6. The van der Waals surface area contributed by atoms with E-state index < -0.39 is 0 Å². The fraction of sp³-hybridized carbons (Fsp3) is 0.0769. The standard InChI is InChI=1S/C14H13N4.C11H8N.CN.Ir/c1-17-8-6-13(15-17)11-4-3-5-12(10-11)14-7-9-18(2)16-14;1-2-6-10(7-3-1)11-8-4-5-9-12-11;1-2;/h3-9H,1-2H3;1-6,8-9H;;/q3*-1;+3. The average Bonchev–Trinajstić information content (AvgIpc) is 3.50. The van der Waals surface area contributed by atoms with Gasteiger partial charge in [0.15, 0.2) is 0 Å². The molecule has 5 rings (SSSR count). The van der Waals surface area contributed by atoms with Gasteiger partial charge < -0.3 is 16.8 Å². The summed E-state index contributed by atoms with van der Waals surface area (Å²) in [7, 11) is 3.82. The molecule has 0 aliphatic heterocycles. The summed E-state index contributed by atoms with van der Waals surface area (Å²) in [6, 6.07) is 30.2. The van der Waals surface area contributed by atoms with Crippen LogP contribution in [0.25, 0.3) is 33.8 Å². The minimum absolute atomic E-state index is 0. The largest absolute Gasteiger partial charge is 3.00 e. The molecule has 0 amide bonds. The van der Waals surface area contributed by atoms with Gasteiger partial charge in [0.05, 0.1) is 0 Å². The van der Waals surface area contributed by atoms with Crippen LogP contribution >= 0.6 is 0 Å². The second kappa shape index (κ2) is 12.9. The van der Waals surface area contributed by atoms with Crippen molar-refractivity contribution in [3.63, 3.8) is 0 Å². The first-order chi connectivity index (χ1) is 15.7. The Hall–Kier alpha value is -3.85. The van der Waals surface area contributed by atoms with Crippen LogP contribution in [-0.4, -0.2) is 24.5 Å². The molecule has 0 saturated carbocycles. The molecule has 0 aliphatic rings. The topological polar surface area (TPSA) is 72.3 Å². The van der Waals surface area contributed by atoms with Crippen LogP contribution in [0.2, 0.25) is 0 Å². The molecule has 0 unspecified atom stereocenters. The van der Waals surface area contributed by atoms with Crippen LogP contribution in [0.1, 0.15) is 0 Å². The molecule has 6 nitrogen and oxygen atoms in total. The normalized spacial score (nSPS) is 9.45. The van der Waals surface area contributed by atoms with Crippen molar-refractivity contribution >= 4 is 0 Å². The molecule has 0 fully saturated rings. The maximum atomic E-state index is 6.25. The molecule has 0 N–H and O–H groups in total. The first kappa shape index (κ1) is 25.4. The van der Waals surface area contributed by atoms with Gasteiger partial charge in [-0.15, -0.1) is 60.2 Å². The Morgan fingerprint density at radius 3 is 1.73 bits per heavy atom. The van der Waals surface area contributed by atoms with Gasteiger partial charge in [0.2, 0.25) is 0 Å². The minimum atomic E-state index is 0. The van der Waals surface area contributed by atoms with Gasteiger partial charge >= 0.3 is 20.1 Å². The average molecular weight is 610 g/mol. The van der Waals surface area contributed by atoms with Crippen molar-refractivity contribution in [3.8, 4) is 33.8 Å². The van der Waals surface area contributed by atoms with E-state index in [0.717, 1.165) is 33.8 Å². The number of aromatic nitrogens is 5. The van der Waals surface area contributed by atoms with Gasteiger partial charge in [-0.3, -0.25) is 9.36 Å². The summed E-state index contributed by atoms with van der Waals surface area (Å²) in [6.07, 6.45) is 5.64. The van der Waals surface area contributed by atoms with Gasteiger partial charge in [-0.25, -0.2) is 10.2 Å². The van der Waals surface area contributed by atoms with Gasteiger partial charge in [-0.1, -0.05) is 35.4 Å². The summed E-state index contributed by atoms with van der Waals surface area (Å²) in [6.45, 7) is 4.75. The van der Waals surface area contributed by atoms with Crippen LogP contribution < -0.4 is 0 Å². The summed E-state index contributed by atoms with van der Waals surface area (Å²) in [5.74, 6) is 0. The Labute approximate surface area is 207 Å². The summed E-state index contributed by atoms with van der Waals surface area (Å²) >= 11 is 0. The summed E-state index contributed by atoms with van der Waals surface area (Å²) in [4.78, 5) is 4.22. The Morgan fingerprint density at radius 2 is 1.27 bits per heavy atom. The van der Waals surface area contributed by atoms with Crippen molar-refractivity contribution in [2.24, 2.45) is 14.1 Å². The third-order valence-corrected chi connectivity index (χ3v) is 4.42. The number of nitrogens with zero attached hydrogens (tertiary/aromatic N) is 6. The van der Waals surface area contributed by atoms with Gasteiger partial charge in [0.1, 0.15) is 0 Å². The Kier molecular flexibility index (Phi) is 9.91. The molecule has 7 heteroatoms. The second-order valence-electron chi connectivity index (χ2n) is 6.72. The minimum Gasteiger partial charge on any atom is -0.512 e. The van der Waals surface area contributed by atoms with Gasteiger partial charge in [0.25, 0.3) is 0 Å². The van der Waals surface area contributed by atoms with E-state index in [9.17, 15) is 0 Å². The summed E-state index contributed by atoms with van der Waals surface area (Å²) < 4.78 is 3.58. The molecule has 0 aliphatic carbocycles. The first-order valence-corrected chi connectivity index (χ1v) is 9.82. The molecule has 2 aromatic carbocycles. The smallest absolute Gasteiger partial charge is 0.512 e. The van der Waals surface area contributed by atoms with Crippen molar-refractivity contribution < 1.29 is 20.1 Å². The zero-order chi connectivity index (χ0) is 22.8. The van der Waals surface area contributed by atoms with Crippen LogP contribution in [-0.2, 0) is 34.2 Å². The summed E-state index contributed by atoms with van der Waals surface area (Å²) in [5, 5.41) is 15.0. The molecule has 0 saturated heterocycles. The summed E-state index contributed by atoms with van der Waals surface area (Å²) in [5.41, 5.74) is 5.83. The van der Waals surface area contributed by atoms with Crippen molar-refractivity contribution in [2.75, 3.05) is 0 Å². The molecule has 5 aromatic rings.